The minimum absolute atomic E-state index is 0.288. The van der Waals surface area contributed by atoms with Crippen LogP contribution >= 0.6 is 11.3 Å². The van der Waals surface area contributed by atoms with Gasteiger partial charge in [-0.15, -0.1) is 0 Å². The second-order valence-corrected chi connectivity index (χ2v) is 6.03. The number of rotatable bonds is 2. The molecule has 0 spiro atoms. The predicted octanol–water partition coefficient (Wildman–Crippen LogP) is 4.02. The maximum absolute atomic E-state index is 13.4. The van der Waals surface area contributed by atoms with Crippen molar-refractivity contribution in [3.8, 4) is 11.6 Å². The van der Waals surface area contributed by atoms with Crippen LogP contribution in [0.25, 0.3) is 27.6 Å². The summed E-state index contributed by atoms with van der Waals surface area (Å²) in [6.07, 6.45) is 1.52. The van der Waals surface area contributed by atoms with E-state index in [0.29, 0.717) is 22.1 Å². The lowest BCUT2D eigenvalue weighted by molar-refractivity contribution is 0.0163. The summed E-state index contributed by atoms with van der Waals surface area (Å²) in [5.41, 5.74) is 2.81. The van der Waals surface area contributed by atoms with E-state index in [4.69, 9.17) is 4.42 Å². The first-order chi connectivity index (χ1) is 10.4. The van der Waals surface area contributed by atoms with Gasteiger partial charge in [-0.1, -0.05) is 23.5 Å². The summed E-state index contributed by atoms with van der Waals surface area (Å²) in [5.74, 6) is -2.69. The first-order valence-corrected chi connectivity index (χ1v) is 7.34. The topological polar surface area (TPSA) is 56.2 Å². The number of imidazole rings is 1. The van der Waals surface area contributed by atoms with Gasteiger partial charge in [0.2, 0.25) is 10.9 Å². The van der Waals surface area contributed by atoms with Crippen LogP contribution in [0, 0.1) is 6.92 Å². The van der Waals surface area contributed by atoms with Gasteiger partial charge < -0.3 is 4.42 Å². The van der Waals surface area contributed by atoms with Crippen molar-refractivity contribution in [2.45, 2.75) is 19.8 Å². The summed E-state index contributed by atoms with van der Waals surface area (Å²) >= 11 is 0.851. The summed E-state index contributed by atoms with van der Waals surface area (Å²) in [7, 11) is 0. The van der Waals surface area contributed by atoms with Crippen molar-refractivity contribution in [2.24, 2.45) is 0 Å². The number of aryl methyl sites for hydroxylation is 1. The molecule has 0 bridgehead atoms. The number of alkyl halides is 2. The summed E-state index contributed by atoms with van der Waals surface area (Å²) < 4.78 is 33.8. The van der Waals surface area contributed by atoms with Gasteiger partial charge in [0.25, 0.3) is 5.92 Å². The molecule has 3 heterocycles. The van der Waals surface area contributed by atoms with Gasteiger partial charge >= 0.3 is 0 Å². The molecule has 112 valence electrons. The van der Waals surface area contributed by atoms with Gasteiger partial charge in [-0.25, -0.2) is 9.97 Å². The van der Waals surface area contributed by atoms with Gasteiger partial charge in [0, 0.05) is 6.92 Å². The standard InChI is InChI=1S/C14H10F2N4OS/c1-7-4-3-5-9-10(7)18-11(21-9)8-6-17-13-20(8)19-12(22-13)14(2,15)16/h3-6H,1-2H3. The molecule has 0 fully saturated rings. The second kappa shape index (κ2) is 4.33. The van der Waals surface area contributed by atoms with Crippen molar-refractivity contribution in [3.63, 3.8) is 0 Å². The second-order valence-electron chi connectivity index (χ2n) is 5.07. The van der Waals surface area contributed by atoms with E-state index >= 15 is 0 Å². The largest absolute Gasteiger partial charge is 0.435 e. The maximum Gasteiger partial charge on any atom is 0.298 e. The number of hydrogen-bond donors (Lipinski definition) is 0. The third-order valence-corrected chi connectivity index (χ3v) is 4.40. The van der Waals surface area contributed by atoms with Gasteiger partial charge in [-0.05, 0) is 18.6 Å². The first kappa shape index (κ1) is 13.3. The van der Waals surface area contributed by atoms with Gasteiger partial charge in [-0.3, -0.25) is 0 Å². The van der Waals surface area contributed by atoms with Crippen molar-refractivity contribution >= 4 is 27.4 Å². The zero-order chi connectivity index (χ0) is 15.5. The zero-order valence-corrected chi connectivity index (χ0v) is 12.5. The summed E-state index contributed by atoms with van der Waals surface area (Å²) in [6.45, 7) is 2.74. The molecule has 0 N–H and O–H groups in total. The van der Waals surface area contributed by atoms with E-state index in [9.17, 15) is 8.78 Å². The Kier molecular flexibility index (Phi) is 2.62. The lowest BCUT2D eigenvalue weighted by Crippen LogP contribution is -2.07. The smallest absolute Gasteiger partial charge is 0.298 e. The van der Waals surface area contributed by atoms with Crippen molar-refractivity contribution in [1.82, 2.24) is 19.6 Å². The van der Waals surface area contributed by atoms with Crippen LogP contribution in [0.2, 0.25) is 0 Å². The van der Waals surface area contributed by atoms with Crippen LogP contribution in [0.1, 0.15) is 17.5 Å². The minimum Gasteiger partial charge on any atom is -0.435 e. The number of fused-ring (bicyclic) bond motifs is 2. The lowest BCUT2D eigenvalue weighted by Gasteiger charge is -2.02. The van der Waals surface area contributed by atoms with Crippen LogP contribution in [0.5, 0.6) is 0 Å². The molecule has 0 aliphatic carbocycles. The Morgan fingerprint density at radius 2 is 2.14 bits per heavy atom. The van der Waals surface area contributed by atoms with E-state index in [-0.39, 0.29) is 5.01 Å². The average Bonchev–Trinajstić information content (AvgIpc) is 3.09. The molecule has 8 heteroatoms. The van der Waals surface area contributed by atoms with Crippen molar-refractivity contribution < 1.29 is 13.2 Å². The van der Waals surface area contributed by atoms with Crippen molar-refractivity contribution in [3.05, 3.63) is 35.0 Å². The number of para-hydroxylation sites is 1. The Labute approximate surface area is 127 Å². The van der Waals surface area contributed by atoms with Crippen molar-refractivity contribution in [1.29, 1.82) is 0 Å². The van der Waals surface area contributed by atoms with Crippen LogP contribution in [0.15, 0.2) is 28.8 Å². The Bertz CT molecular complexity index is 995. The molecule has 5 nitrogen and oxygen atoms in total. The summed E-state index contributed by atoms with van der Waals surface area (Å²) in [6, 6.07) is 5.61. The van der Waals surface area contributed by atoms with Crippen molar-refractivity contribution in [2.75, 3.05) is 0 Å². The normalized spacial score (nSPS) is 12.5. The lowest BCUT2D eigenvalue weighted by atomic mass is 10.2. The van der Waals surface area contributed by atoms with Crippen LogP contribution in [0.4, 0.5) is 8.78 Å². The number of benzene rings is 1. The Hall–Kier alpha value is -2.35. The predicted molar refractivity (Wildman–Crippen MR) is 78.2 cm³/mol. The Morgan fingerprint density at radius 3 is 2.86 bits per heavy atom. The maximum atomic E-state index is 13.4. The molecular weight excluding hydrogens is 310 g/mol. The van der Waals surface area contributed by atoms with E-state index in [1.54, 1.807) is 0 Å². The molecular formula is C14H10F2N4OS. The molecule has 0 radical (unpaired) electrons. The number of halogens is 2. The Balaban J connectivity index is 1.92. The summed E-state index contributed by atoms with van der Waals surface area (Å²) in [4.78, 5) is 8.91. The zero-order valence-electron chi connectivity index (χ0n) is 11.7. The van der Waals surface area contributed by atoms with Crippen LogP contribution in [-0.2, 0) is 5.92 Å². The third kappa shape index (κ3) is 1.91. The molecule has 0 aliphatic rings. The molecule has 0 aliphatic heterocycles. The number of nitrogens with zero attached hydrogens (tertiary/aromatic N) is 4. The molecule has 0 saturated carbocycles. The highest BCUT2D eigenvalue weighted by molar-refractivity contribution is 7.16. The highest BCUT2D eigenvalue weighted by Gasteiger charge is 2.30. The number of hydrogen-bond acceptors (Lipinski definition) is 5. The van der Waals surface area contributed by atoms with Gasteiger partial charge in [0.1, 0.15) is 11.2 Å². The number of aromatic nitrogens is 4. The summed E-state index contributed by atoms with van der Waals surface area (Å²) in [5, 5.41) is 3.65. The fraction of sp³-hybridized carbons (Fsp3) is 0.214. The molecule has 3 aromatic heterocycles. The minimum atomic E-state index is -3.00. The molecule has 1 aromatic carbocycles. The average molecular weight is 320 g/mol. The monoisotopic (exact) mass is 320 g/mol. The highest BCUT2D eigenvalue weighted by Crippen LogP contribution is 2.33. The molecule has 22 heavy (non-hydrogen) atoms. The SMILES string of the molecule is Cc1cccc2oc(-c3cnc4sc(C(C)(F)F)nn34)nc12. The Morgan fingerprint density at radius 1 is 1.32 bits per heavy atom. The van der Waals surface area contributed by atoms with E-state index in [2.05, 4.69) is 15.1 Å². The number of oxazole rings is 1. The van der Waals surface area contributed by atoms with Crippen LogP contribution < -0.4 is 0 Å². The van der Waals surface area contributed by atoms with E-state index < -0.39 is 5.92 Å². The highest BCUT2D eigenvalue weighted by atomic mass is 32.1. The van der Waals surface area contributed by atoms with E-state index in [0.717, 1.165) is 29.3 Å². The molecule has 4 aromatic rings. The van der Waals surface area contributed by atoms with Gasteiger partial charge in [-0.2, -0.15) is 18.4 Å². The molecule has 4 rings (SSSR count). The molecule has 0 saturated heterocycles. The molecule has 0 amide bonds. The van der Waals surface area contributed by atoms with Crippen LogP contribution in [0.3, 0.4) is 0 Å². The molecule has 0 atom stereocenters. The molecule has 0 unspecified atom stereocenters. The fourth-order valence-electron chi connectivity index (χ4n) is 2.21. The first-order valence-electron chi connectivity index (χ1n) is 6.53. The quantitative estimate of drug-likeness (QED) is 0.560. The van der Waals surface area contributed by atoms with E-state index in [1.807, 2.05) is 25.1 Å². The van der Waals surface area contributed by atoms with Crippen LogP contribution in [-0.4, -0.2) is 19.6 Å². The van der Waals surface area contributed by atoms with Gasteiger partial charge in [0.05, 0.1) is 6.20 Å². The fourth-order valence-corrected chi connectivity index (χ4v) is 3.02. The van der Waals surface area contributed by atoms with Gasteiger partial charge in [0.15, 0.2) is 10.6 Å². The third-order valence-electron chi connectivity index (χ3n) is 3.30. The van der Waals surface area contributed by atoms with E-state index in [1.165, 1.54) is 10.7 Å².